The second-order valence-electron chi connectivity index (χ2n) is 5.96. The second-order valence-corrected chi connectivity index (χ2v) is 7.73. The van der Waals surface area contributed by atoms with Gasteiger partial charge in [-0.1, -0.05) is 83.0 Å². The van der Waals surface area contributed by atoms with Crippen LogP contribution in [0.5, 0.6) is 0 Å². The molecule has 0 N–H and O–H groups in total. The Morgan fingerprint density at radius 1 is 0.957 bits per heavy atom. The molecule has 2 rings (SSSR count). The fraction of sp³-hybridized carbons (Fsp3) is 0.400. The van der Waals surface area contributed by atoms with Gasteiger partial charge in [0.25, 0.3) is 0 Å². The van der Waals surface area contributed by atoms with Crippen molar-refractivity contribution in [2.75, 3.05) is 19.6 Å². The van der Waals surface area contributed by atoms with Crippen molar-refractivity contribution in [3.63, 3.8) is 0 Å². The Hall–Kier alpha value is -0.640. The first-order chi connectivity index (χ1) is 11.0. The Labute approximate surface area is 157 Å². The SMILES string of the molecule is CCN(CC)CCC(C)c1ccc(-c2ccc(Br)cc2Br)cc1. The highest BCUT2D eigenvalue weighted by molar-refractivity contribution is 9.11. The minimum absolute atomic E-state index is 0.595. The van der Waals surface area contributed by atoms with Crippen LogP contribution in [-0.4, -0.2) is 24.5 Å². The number of halogens is 2. The van der Waals surface area contributed by atoms with E-state index in [4.69, 9.17) is 0 Å². The maximum atomic E-state index is 3.65. The first-order valence-corrected chi connectivity index (χ1v) is 9.91. The lowest BCUT2D eigenvalue weighted by atomic mass is 9.95. The Balaban J connectivity index is 2.06. The highest BCUT2D eigenvalue weighted by Crippen LogP contribution is 2.32. The Morgan fingerprint density at radius 3 is 2.17 bits per heavy atom. The monoisotopic (exact) mass is 437 g/mol. The minimum atomic E-state index is 0.595. The predicted molar refractivity (Wildman–Crippen MR) is 108 cm³/mol. The average Bonchev–Trinajstić information content (AvgIpc) is 2.56. The maximum absolute atomic E-state index is 3.65. The molecule has 0 bridgehead atoms. The van der Waals surface area contributed by atoms with Gasteiger partial charge in [0, 0.05) is 8.95 Å². The van der Waals surface area contributed by atoms with Gasteiger partial charge in [0.2, 0.25) is 0 Å². The second kappa shape index (κ2) is 9.00. The molecule has 2 aromatic rings. The van der Waals surface area contributed by atoms with Gasteiger partial charge in [0.05, 0.1) is 0 Å². The molecule has 1 nitrogen and oxygen atoms in total. The summed E-state index contributed by atoms with van der Waals surface area (Å²) in [4.78, 5) is 2.49. The summed E-state index contributed by atoms with van der Waals surface area (Å²) in [7, 11) is 0. The standard InChI is InChI=1S/C20H25Br2N/c1-4-23(5-2)13-12-15(3)16-6-8-17(9-7-16)19-11-10-18(21)14-20(19)22/h6-11,14-15H,4-5,12-13H2,1-3H3. The van der Waals surface area contributed by atoms with Crippen molar-refractivity contribution in [1.29, 1.82) is 0 Å². The van der Waals surface area contributed by atoms with Crippen LogP contribution in [0.15, 0.2) is 51.4 Å². The molecule has 0 spiro atoms. The highest BCUT2D eigenvalue weighted by Gasteiger charge is 2.09. The number of hydrogen-bond donors (Lipinski definition) is 0. The first-order valence-electron chi connectivity index (χ1n) is 8.32. The van der Waals surface area contributed by atoms with Crippen molar-refractivity contribution in [3.05, 3.63) is 57.0 Å². The van der Waals surface area contributed by atoms with E-state index in [1.165, 1.54) is 29.7 Å². The molecule has 0 aliphatic carbocycles. The van der Waals surface area contributed by atoms with Crippen molar-refractivity contribution in [3.8, 4) is 11.1 Å². The molecule has 0 aliphatic heterocycles. The smallest absolute Gasteiger partial charge is 0.0264 e. The summed E-state index contributed by atoms with van der Waals surface area (Å²) in [5.41, 5.74) is 3.91. The highest BCUT2D eigenvalue weighted by atomic mass is 79.9. The quantitative estimate of drug-likeness (QED) is 0.463. The van der Waals surface area contributed by atoms with E-state index in [-0.39, 0.29) is 0 Å². The lowest BCUT2D eigenvalue weighted by Crippen LogP contribution is -2.24. The maximum Gasteiger partial charge on any atom is 0.0264 e. The van der Waals surface area contributed by atoms with E-state index in [1.807, 2.05) is 0 Å². The van der Waals surface area contributed by atoms with E-state index in [1.54, 1.807) is 0 Å². The fourth-order valence-electron chi connectivity index (χ4n) is 2.80. The summed E-state index contributed by atoms with van der Waals surface area (Å²) in [5.74, 6) is 0.595. The average molecular weight is 439 g/mol. The molecule has 23 heavy (non-hydrogen) atoms. The molecule has 0 saturated carbocycles. The molecule has 0 amide bonds. The molecule has 0 fully saturated rings. The third kappa shape index (κ3) is 5.17. The van der Waals surface area contributed by atoms with Crippen molar-refractivity contribution >= 4 is 31.9 Å². The van der Waals surface area contributed by atoms with Crippen LogP contribution in [-0.2, 0) is 0 Å². The molecule has 0 heterocycles. The van der Waals surface area contributed by atoms with Gasteiger partial charge in [-0.3, -0.25) is 0 Å². The molecule has 3 heteroatoms. The molecule has 0 aliphatic rings. The van der Waals surface area contributed by atoms with Crippen molar-refractivity contribution in [2.45, 2.75) is 33.1 Å². The summed E-state index contributed by atoms with van der Waals surface area (Å²) in [6.45, 7) is 10.2. The largest absolute Gasteiger partial charge is 0.304 e. The lowest BCUT2D eigenvalue weighted by Gasteiger charge is -2.21. The molecule has 1 atom stereocenters. The summed E-state index contributed by atoms with van der Waals surface area (Å²) in [5, 5.41) is 0. The van der Waals surface area contributed by atoms with Gasteiger partial charge in [-0.2, -0.15) is 0 Å². The van der Waals surface area contributed by atoms with Gasteiger partial charge in [0.15, 0.2) is 0 Å². The number of hydrogen-bond acceptors (Lipinski definition) is 1. The Bertz CT molecular complexity index is 618. The zero-order valence-corrected chi connectivity index (χ0v) is 17.3. The summed E-state index contributed by atoms with van der Waals surface area (Å²) < 4.78 is 2.21. The molecule has 0 aromatic heterocycles. The molecule has 0 saturated heterocycles. The third-order valence-electron chi connectivity index (χ3n) is 4.49. The normalized spacial score (nSPS) is 12.6. The van der Waals surface area contributed by atoms with Crippen LogP contribution in [0.4, 0.5) is 0 Å². The fourth-order valence-corrected chi connectivity index (χ4v) is 4.07. The topological polar surface area (TPSA) is 3.24 Å². The van der Waals surface area contributed by atoms with Crippen LogP contribution in [0.2, 0.25) is 0 Å². The van der Waals surface area contributed by atoms with E-state index in [0.29, 0.717) is 5.92 Å². The summed E-state index contributed by atoms with van der Waals surface area (Å²) in [6.07, 6.45) is 1.21. The molecule has 2 aromatic carbocycles. The van der Waals surface area contributed by atoms with Gasteiger partial charge in [-0.15, -0.1) is 0 Å². The predicted octanol–water partition coefficient (Wildman–Crippen LogP) is 6.71. The Morgan fingerprint density at radius 2 is 1.61 bits per heavy atom. The zero-order chi connectivity index (χ0) is 16.8. The third-order valence-corrected chi connectivity index (χ3v) is 5.64. The van der Waals surface area contributed by atoms with Gasteiger partial charge in [-0.05, 0) is 60.8 Å². The van der Waals surface area contributed by atoms with Gasteiger partial charge in [-0.25, -0.2) is 0 Å². The van der Waals surface area contributed by atoms with Crippen LogP contribution in [0.25, 0.3) is 11.1 Å². The van der Waals surface area contributed by atoms with E-state index >= 15 is 0 Å². The van der Waals surface area contributed by atoms with Gasteiger partial charge >= 0.3 is 0 Å². The van der Waals surface area contributed by atoms with E-state index < -0.39 is 0 Å². The van der Waals surface area contributed by atoms with Gasteiger partial charge < -0.3 is 4.90 Å². The van der Waals surface area contributed by atoms with Crippen LogP contribution in [0, 0.1) is 0 Å². The van der Waals surface area contributed by atoms with Crippen LogP contribution in [0.3, 0.4) is 0 Å². The molecular formula is C20H25Br2N. The minimum Gasteiger partial charge on any atom is -0.304 e. The first kappa shape index (κ1) is 18.7. The molecular weight excluding hydrogens is 414 g/mol. The molecule has 0 radical (unpaired) electrons. The van der Waals surface area contributed by atoms with E-state index in [0.717, 1.165) is 22.0 Å². The van der Waals surface area contributed by atoms with Crippen molar-refractivity contribution in [1.82, 2.24) is 4.90 Å². The van der Waals surface area contributed by atoms with Crippen LogP contribution in [0.1, 0.15) is 38.7 Å². The van der Waals surface area contributed by atoms with Crippen molar-refractivity contribution < 1.29 is 0 Å². The van der Waals surface area contributed by atoms with E-state index in [2.05, 4.69) is 100.0 Å². The number of rotatable bonds is 7. The summed E-state index contributed by atoms with van der Waals surface area (Å²) in [6, 6.07) is 15.3. The van der Waals surface area contributed by atoms with Crippen LogP contribution < -0.4 is 0 Å². The zero-order valence-electron chi connectivity index (χ0n) is 14.2. The van der Waals surface area contributed by atoms with Crippen molar-refractivity contribution in [2.24, 2.45) is 0 Å². The molecule has 1 unspecified atom stereocenters. The number of benzene rings is 2. The van der Waals surface area contributed by atoms with E-state index in [9.17, 15) is 0 Å². The van der Waals surface area contributed by atoms with Crippen LogP contribution >= 0.6 is 31.9 Å². The lowest BCUT2D eigenvalue weighted by molar-refractivity contribution is 0.292. The Kier molecular flexibility index (Phi) is 7.32. The number of nitrogens with zero attached hydrogens (tertiary/aromatic N) is 1. The summed E-state index contributed by atoms with van der Waals surface area (Å²) >= 11 is 7.16. The van der Waals surface area contributed by atoms with Gasteiger partial charge in [0.1, 0.15) is 0 Å². The molecule has 124 valence electrons.